The van der Waals surface area contributed by atoms with Crippen molar-refractivity contribution in [1.29, 1.82) is 0 Å². The molecule has 4 heteroatoms. The quantitative estimate of drug-likeness (QED) is 0.513. The summed E-state index contributed by atoms with van der Waals surface area (Å²) in [5.41, 5.74) is 5.42. The van der Waals surface area contributed by atoms with Crippen LogP contribution in [0.4, 0.5) is 0 Å². The molecule has 12 heavy (non-hydrogen) atoms. The van der Waals surface area contributed by atoms with Crippen LogP contribution in [0.1, 0.15) is 26.2 Å². The van der Waals surface area contributed by atoms with Crippen LogP contribution in [0.5, 0.6) is 0 Å². The second-order valence-corrected chi connectivity index (χ2v) is 2.72. The first-order valence-corrected chi connectivity index (χ1v) is 4.34. The summed E-state index contributed by atoms with van der Waals surface area (Å²) in [7, 11) is 0. The first-order valence-electron chi connectivity index (χ1n) is 4.34. The van der Waals surface area contributed by atoms with Gasteiger partial charge < -0.3 is 16.2 Å². The fraction of sp³-hybridized carbons (Fsp3) is 0.875. The zero-order valence-electron chi connectivity index (χ0n) is 7.55. The van der Waals surface area contributed by atoms with Crippen LogP contribution in [0.15, 0.2) is 0 Å². The zero-order chi connectivity index (χ0) is 9.40. The number of hydrogen-bond acceptors (Lipinski definition) is 3. The molecule has 0 saturated heterocycles. The molecular formula is C8H18N2O2. The molecule has 0 aliphatic rings. The van der Waals surface area contributed by atoms with Crippen LogP contribution in [0.3, 0.4) is 0 Å². The van der Waals surface area contributed by atoms with E-state index in [4.69, 9.17) is 10.8 Å². The van der Waals surface area contributed by atoms with E-state index in [0.717, 1.165) is 6.42 Å². The summed E-state index contributed by atoms with van der Waals surface area (Å²) in [6.07, 6.45) is 1.92. The fourth-order valence-corrected chi connectivity index (χ4v) is 0.916. The number of carbonyl (C=O) groups is 1. The van der Waals surface area contributed by atoms with Gasteiger partial charge in [0.05, 0.1) is 0 Å². The lowest BCUT2D eigenvalue weighted by Crippen LogP contribution is -2.39. The van der Waals surface area contributed by atoms with E-state index in [2.05, 4.69) is 5.32 Å². The van der Waals surface area contributed by atoms with Crippen molar-refractivity contribution in [2.75, 3.05) is 13.2 Å². The predicted molar refractivity (Wildman–Crippen MR) is 47.6 cm³/mol. The zero-order valence-corrected chi connectivity index (χ0v) is 7.55. The van der Waals surface area contributed by atoms with E-state index >= 15 is 0 Å². The van der Waals surface area contributed by atoms with Crippen molar-refractivity contribution in [3.05, 3.63) is 0 Å². The number of nitrogens with one attached hydrogen (secondary N) is 1. The minimum atomic E-state index is 0.0170. The number of aliphatic hydroxyl groups is 1. The minimum Gasteiger partial charge on any atom is -0.396 e. The summed E-state index contributed by atoms with van der Waals surface area (Å²) in [5.74, 6) is 0.0170. The molecule has 0 aromatic rings. The highest BCUT2D eigenvalue weighted by atomic mass is 16.2. The van der Waals surface area contributed by atoms with Crippen LogP contribution in [0.2, 0.25) is 0 Å². The van der Waals surface area contributed by atoms with Crippen LogP contribution in [-0.2, 0) is 4.79 Å². The molecule has 0 heterocycles. The van der Waals surface area contributed by atoms with Crippen molar-refractivity contribution in [3.8, 4) is 0 Å². The molecule has 4 N–H and O–H groups in total. The Balaban J connectivity index is 3.59. The van der Waals surface area contributed by atoms with E-state index in [9.17, 15) is 4.79 Å². The normalized spacial score (nSPS) is 12.6. The van der Waals surface area contributed by atoms with Crippen molar-refractivity contribution < 1.29 is 9.90 Å². The summed E-state index contributed by atoms with van der Waals surface area (Å²) in [6.45, 7) is 2.39. The van der Waals surface area contributed by atoms with Gasteiger partial charge in [0.25, 0.3) is 0 Å². The van der Waals surface area contributed by atoms with Gasteiger partial charge >= 0.3 is 0 Å². The Morgan fingerprint density at radius 1 is 1.67 bits per heavy atom. The molecule has 72 valence electrons. The molecular weight excluding hydrogens is 156 g/mol. The average molecular weight is 174 g/mol. The molecule has 0 fully saturated rings. The maximum absolute atomic E-state index is 10.9. The lowest BCUT2D eigenvalue weighted by Gasteiger charge is -2.15. The van der Waals surface area contributed by atoms with Crippen LogP contribution in [0, 0.1) is 0 Å². The van der Waals surface area contributed by atoms with Gasteiger partial charge in [-0.15, -0.1) is 0 Å². The first kappa shape index (κ1) is 11.4. The standard InChI is InChI=1S/C8H18N2O2/c1-2-8(12)10-7(6-9)4-3-5-11/h7,11H,2-6,9H2,1H3,(H,10,12). The fourth-order valence-electron chi connectivity index (χ4n) is 0.916. The number of rotatable bonds is 6. The summed E-state index contributed by atoms with van der Waals surface area (Å²) in [4.78, 5) is 10.9. The smallest absolute Gasteiger partial charge is 0.219 e. The average Bonchev–Trinajstić information content (AvgIpc) is 2.11. The monoisotopic (exact) mass is 174 g/mol. The largest absolute Gasteiger partial charge is 0.396 e. The Bertz CT molecular complexity index is 128. The van der Waals surface area contributed by atoms with Gasteiger partial charge in [-0.3, -0.25) is 4.79 Å². The van der Waals surface area contributed by atoms with Gasteiger partial charge in [-0.1, -0.05) is 6.92 Å². The van der Waals surface area contributed by atoms with E-state index in [0.29, 0.717) is 19.4 Å². The highest BCUT2D eigenvalue weighted by Crippen LogP contribution is 1.95. The first-order chi connectivity index (χ1) is 5.74. The van der Waals surface area contributed by atoms with Crippen molar-refractivity contribution in [1.82, 2.24) is 5.32 Å². The molecule has 0 aromatic carbocycles. The van der Waals surface area contributed by atoms with Gasteiger partial charge in [0, 0.05) is 25.6 Å². The maximum Gasteiger partial charge on any atom is 0.219 e. The van der Waals surface area contributed by atoms with E-state index < -0.39 is 0 Å². The van der Waals surface area contributed by atoms with E-state index in [1.165, 1.54) is 0 Å². The third-order valence-corrected chi connectivity index (χ3v) is 1.68. The van der Waals surface area contributed by atoms with Crippen LogP contribution in [-0.4, -0.2) is 30.2 Å². The van der Waals surface area contributed by atoms with Crippen LogP contribution in [0.25, 0.3) is 0 Å². The summed E-state index contributed by atoms with van der Waals surface area (Å²) < 4.78 is 0. The van der Waals surface area contributed by atoms with Gasteiger partial charge in [-0.2, -0.15) is 0 Å². The molecule has 0 rings (SSSR count). The number of carbonyl (C=O) groups excluding carboxylic acids is 1. The molecule has 0 radical (unpaired) electrons. The Kier molecular flexibility index (Phi) is 6.70. The minimum absolute atomic E-state index is 0.0170. The maximum atomic E-state index is 10.9. The highest BCUT2D eigenvalue weighted by molar-refractivity contribution is 5.75. The van der Waals surface area contributed by atoms with Gasteiger partial charge in [0.1, 0.15) is 0 Å². The third-order valence-electron chi connectivity index (χ3n) is 1.68. The molecule has 0 spiro atoms. The van der Waals surface area contributed by atoms with Crippen molar-refractivity contribution in [3.63, 3.8) is 0 Å². The van der Waals surface area contributed by atoms with Crippen LogP contribution >= 0.6 is 0 Å². The lowest BCUT2D eigenvalue weighted by atomic mass is 10.1. The topological polar surface area (TPSA) is 75.4 Å². The molecule has 4 nitrogen and oxygen atoms in total. The SMILES string of the molecule is CCC(=O)NC(CN)CCCO. The Morgan fingerprint density at radius 2 is 2.33 bits per heavy atom. The van der Waals surface area contributed by atoms with E-state index in [-0.39, 0.29) is 18.6 Å². The van der Waals surface area contributed by atoms with E-state index in [1.807, 2.05) is 0 Å². The molecule has 0 aliphatic carbocycles. The molecule has 0 saturated carbocycles. The molecule has 1 amide bonds. The van der Waals surface area contributed by atoms with Gasteiger partial charge in [-0.05, 0) is 12.8 Å². The molecule has 0 bridgehead atoms. The number of hydrogen-bond donors (Lipinski definition) is 3. The summed E-state index contributed by atoms with van der Waals surface area (Å²) in [5, 5.41) is 11.3. The van der Waals surface area contributed by atoms with E-state index in [1.54, 1.807) is 6.92 Å². The molecule has 1 unspecified atom stereocenters. The third kappa shape index (κ3) is 5.09. The van der Waals surface area contributed by atoms with Crippen molar-refractivity contribution in [2.45, 2.75) is 32.2 Å². The van der Waals surface area contributed by atoms with Gasteiger partial charge in [0.15, 0.2) is 0 Å². The van der Waals surface area contributed by atoms with Crippen molar-refractivity contribution >= 4 is 5.91 Å². The summed E-state index contributed by atoms with van der Waals surface area (Å²) >= 11 is 0. The second-order valence-electron chi connectivity index (χ2n) is 2.72. The Hall–Kier alpha value is -0.610. The second kappa shape index (κ2) is 7.06. The van der Waals surface area contributed by atoms with Gasteiger partial charge in [0.2, 0.25) is 5.91 Å². The number of amides is 1. The summed E-state index contributed by atoms with van der Waals surface area (Å²) in [6, 6.07) is 0.0181. The molecule has 1 atom stereocenters. The van der Waals surface area contributed by atoms with Crippen molar-refractivity contribution in [2.24, 2.45) is 5.73 Å². The number of aliphatic hydroxyl groups excluding tert-OH is 1. The van der Waals surface area contributed by atoms with Crippen LogP contribution < -0.4 is 11.1 Å². The lowest BCUT2D eigenvalue weighted by molar-refractivity contribution is -0.121. The highest BCUT2D eigenvalue weighted by Gasteiger charge is 2.07. The Morgan fingerprint density at radius 3 is 2.75 bits per heavy atom. The van der Waals surface area contributed by atoms with Gasteiger partial charge in [-0.25, -0.2) is 0 Å². The Labute approximate surface area is 73.1 Å². The number of nitrogens with two attached hydrogens (primary N) is 1. The molecule has 0 aliphatic heterocycles. The molecule has 0 aromatic heterocycles. The predicted octanol–water partition coefficient (Wildman–Crippen LogP) is -0.388.